The van der Waals surface area contributed by atoms with Crippen LogP contribution in [0, 0.1) is 18.8 Å². The zero-order valence-corrected chi connectivity index (χ0v) is 16.8. The molecule has 0 N–H and O–H groups in total. The molecule has 150 valence electrons. The molecule has 0 spiro atoms. The molecule has 2 aromatic rings. The second-order valence-corrected chi connectivity index (χ2v) is 8.89. The van der Waals surface area contributed by atoms with Gasteiger partial charge in [0.05, 0.1) is 12.2 Å². The minimum Gasteiger partial charge on any atom is -0.471 e. The highest BCUT2D eigenvalue weighted by Gasteiger charge is 2.45. The molecular formula is C22H31N5O. The van der Waals surface area contributed by atoms with E-state index in [2.05, 4.69) is 37.5 Å². The third-order valence-corrected chi connectivity index (χ3v) is 7.24. The van der Waals surface area contributed by atoms with Crippen molar-refractivity contribution < 1.29 is 4.74 Å². The summed E-state index contributed by atoms with van der Waals surface area (Å²) in [5, 5.41) is 0. The van der Waals surface area contributed by atoms with Crippen LogP contribution < -0.4 is 4.74 Å². The minimum absolute atomic E-state index is 0.122. The summed E-state index contributed by atoms with van der Waals surface area (Å²) in [6.45, 7) is 4.59. The summed E-state index contributed by atoms with van der Waals surface area (Å²) >= 11 is 0. The van der Waals surface area contributed by atoms with Crippen LogP contribution in [0.4, 0.5) is 0 Å². The lowest BCUT2D eigenvalue weighted by Crippen LogP contribution is -2.40. The van der Waals surface area contributed by atoms with Crippen LogP contribution in [0.3, 0.4) is 0 Å². The molecule has 28 heavy (non-hydrogen) atoms. The second-order valence-electron chi connectivity index (χ2n) is 8.89. The molecule has 3 heterocycles. The highest BCUT2D eigenvalue weighted by atomic mass is 16.5. The minimum atomic E-state index is 0.122. The van der Waals surface area contributed by atoms with Crippen molar-refractivity contribution >= 4 is 0 Å². The number of nitrogens with zero attached hydrogens (tertiary/aromatic N) is 5. The van der Waals surface area contributed by atoms with E-state index in [1.54, 1.807) is 18.6 Å². The molecule has 6 heteroatoms. The van der Waals surface area contributed by atoms with Crippen LogP contribution in [-0.2, 0) is 0 Å². The van der Waals surface area contributed by atoms with Crippen molar-refractivity contribution in [3.63, 3.8) is 0 Å². The molecule has 3 aliphatic rings. The van der Waals surface area contributed by atoms with Gasteiger partial charge in [-0.3, -0.25) is 9.88 Å². The lowest BCUT2D eigenvalue weighted by atomic mass is 9.77. The Morgan fingerprint density at radius 3 is 2.50 bits per heavy atom. The van der Waals surface area contributed by atoms with Gasteiger partial charge >= 0.3 is 0 Å². The Bertz CT molecular complexity index is 772. The Morgan fingerprint density at radius 2 is 1.79 bits per heavy atom. The molecular weight excluding hydrogens is 350 g/mol. The van der Waals surface area contributed by atoms with E-state index in [4.69, 9.17) is 4.74 Å². The Balaban J connectivity index is 1.36. The zero-order chi connectivity index (χ0) is 18.9. The van der Waals surface area contributed by atoms with Gasteiger partial charge in [-0.15, -0.1) is 0 Å². The summed E-state index contributed by atoms with van der Waals surface area (Å²) in [7, 11) is 0. The van der Waals surface area contributed by atoms with Crippen molar-refractivity contribution in [1.29, 1.82) is 0 Å². The van der Waals surface area contributed by atoms with Gasteiger partial charge in [0.25, 0.3) is 0 Å². The highest BCUT2D eigenvalue weighted by Crippen LogP contribution is 2.44. The smallest absolute Gasteiger partial charge is 0.232 e. The number of hydrogen-bond acceptors (Lipinski definition) is 5. The Hall–Kier alpha value is -1.95. The number of fused-ring (bicyclic) bond motifs is 1. The first-order chi connectivity index (χ1) is 13.8. The molecule has 2 saturated carbocycles. The van der Waals surface area contributed by atoms with Crippen LogP contribution in [0.2, 0.25) is 0 Å². The Kier molecular flexibility index (Phi) is 5.05. The lowest BCUT2D eigenvalue weighted by molar-refractivity contribution is 0.0501. The Morgan fingerprint density at radius 1 is 0.964 bits per heavy atom. The van der Waals surface area contributed by atoms with Gasteiger partial charge in [0.2, 0.25) is 5.88 Å². The molecule has 4 atom stereocenters. The van der Waals surface area contributed by atoms with Gasteiger partial charge < -0.3 is 9.30 Å². The van der Waals surface area contributed by atoms with Crippen LogP contribution in [0.1, 0.15) is 56.8 Å². The van der Waals surface area contributed by atoms with Crippen LogP contribution in [0.5, 0.6) is 5.88 Å². The maximum atomic E-state index is 6.39. The number of hydrogen-bond donors (Lipinski definition) is 0. The maximum Gasteiger partial charge on any atom is 0.232 e. The zero-order valence-electron chi connectivity index (χ0n) is 16.8. The monoisotopic (exact) mass is 381 g/mol. The van der Waals surface area contributed by atoms with Crippen molar-refractivity contribution in [3.05, 3.63) is 36.8 Å². The topological polar surface area (TPSA) is 56.1 Å². The van der Waals surface area contributed by atoms with Crippen molar-refractivity contribution in [3.8, 4) is 5.88 Å². The quantitative estimate of drug-likeness (QED) is 0.809. The summed E-state index contributed by atoms with van der Waals surface area (Å²) < 4.78 is 8.71. The first-order valence-electron chi connectivity index (χ1n) is 10.9. The molecule has 3 fully saturated rings. The number of likely N-dealkylation sites (tertiary alicyclic amines) is 1. The predicted molar refractivity (Wildman–Crippen MR) is 107 cm³/mol. The molecule has 1 saturated heterocycles. The fraction of sp³-hybridized carbons (Fsp3) is 0.682. The third-order valence-electron chi connectivity index (χ3n) is 7.24. The summed E-state index contributed by atoms with van der Waals surface area (Å²) in [4.78, 5) is 15.8. The van der Waals surface area contributed by atoms with Crippen LogP contribution in [0.25, 0.3) is 0 Å². The third kappa shape index (κ3) is 3.54. The summed E-state index contributed by atoms with van der Waals surface area (Å²) in [6, 6.07) is 1.13. The lowest BCUT2D eigenvalue weighted by Gasteiger charge is -2.38. The molecule has 6 nitrogen and oxygen atoms in total. The van der Waals surface area contributed by atoms with Crippen molar-refractivity contribution in [2.45, 2.75) is 70.1 Å². The van der Waals surface area contributed by atoms with Crippen molar-refractivity contribution in [2.24, 2.45) is 11.8 Å². The number of aryl methyl sites for hydroxylation is 1. The van der Waals surface area contributed by atoms with E-state index in [0.717, 1.165) is 36.5 Å². The second kappa shape index (κ2) is 7.82. The molecule has 2 aromatic heterocycles. The predicted octanol–water partition coefficient (Wildman–Crippen LogP) is 3.64. The molecule has 0 bridgehead atoms. The highest BCUT2D eigenvalue weighted by molar-refractivity contribution is 5.07. The standard InChI is InChI=1S/C22H31N5O/c1-16-24-9-10-27(16)20-11-17-14-26(19-5-3-2-4-6-19)15-18(17)12-21(20)28-22-13-23-7-8-25-22/h7-10,13,17-21H,2-6,11-12,14-15H2,1H3/t17-,18+,20-,21-/m0/s1. The average Bonchev–Trinajstić information content (AvgIpc) is 3.34. The molecule has 0 radical (unpaired) electrons. The van der Waals surface area contributed by atoms with Gasteiger partial charge in [-0.25, -0.2) is 9.97 Å². The first-order valence-corrected chi connectivity index (χ1v) is 10.9. The summed E-state index contributed by atoms with van der Waals surface area (Å²) in [6.07, 6.45) is 18.5. The number of ether oxygens (including phenoxy) is 1. The molecule has 5 rings (SSSR count). The molecule has 1 aliphatic heterocycles. The molecule has 0 amide bonds. The summed E-state index contributed by atoms with van der Waals surface area (Å²) in [5.74, 6) is 3.19. The molecule has 2 aliphatic carbocycles. The first kappa shape index (κ1) is 18.1. The average molecular weight is 382 g/mol. The van der Waals surface area contributed by atoms with Gasteiger partial charge in [-0.1, -0.05) is 19.3 Å². The van der Waals surface area contributed by atoms with E-state index in [-0.39, 0.29) is 6.10 Å². The van der Waals surface area contributed by atoms with Gasteiger partial charge in [0, 0.05) is 43.9 Å². The van der Waals surface area contributed by atoms with Crippen LogP contribution in [0.15, 0.2) is 31.0 Å². The van der Waals surface area contributed by atoms with Crippen molar-refractivity contribution in [2.75, 3.05) is 13.1 Å². The van der Waals surface area contributed by atoms with Crippen LogP contribution >= 0.6 is 0 Å². The Labute approximate surface area is 167 Å². The number of rotatable bonds is 4. The van der Waals surface area contributed by atoms with E-state index in [1.807, 2.05) is 6.20 Å². The fourth-order valence-corrected chi connectivity index (χ4v) is 5.83. The van der Waals surface area contributed by atoms with Crippen molar-refractivity contribution in [1.82, 2.24) is 24.4 Å². The van der Waals surface area contributed by atoms with E-state index >= 15 is 0 Å². The molecule has 0 unspecified atom stereocenters. The SMILES string of the molecule is Cc1nccn1[C@H]1C[C@H]2CN(C3CCCCC3)C[C@H]2C[C@@H]1Oc1cnccn1. The van der Waals surface area contributed by atoms with Gasteiger partial charge in [-0.2, -0.15) is 0 Å². The van der Waals surface area contributed by atoms with E-state index in [9.17, 15) is 0 Å². The number of imidazole rings is 1. The largest absolute Gasteiger partial charge is 0.471 e. The van der Waals surface area contributed by atoms with E-state index in [1.165, 1.54) is 45.2 Å². The van der Waals surface area contributed by atoms with Crippen LogP contribution in [-0.4, -0.2) is 49.7 Å². The van der Waals surface area contributed by atoms with Gasteiger partial charge in [-0.05, 0) is 44.4 Å². The number of aromatic nitrogens is 4. The fourth-order valence-electron chi connectivity index (χ4n) is 5.83. The normalized spacial score (nSPS) is 31.6. The van der Waals surface area contributed by atoms with Gasteiger partial charge in [0.1, 0.15) is 11.9 Å². The van der Waals surface area contributed by atoms with E-state index < -0.39 is 0 Å². The van der Waals surface area contributed by atoms with E-state index in [0.29, 0.717) is 11.9 Å². The van der Waals surface area contributed by atoms with Gasteiger partial charge in [0.15, 0.2) is 0 Å². The summed E-state index contributed by atoms with van der Waals surface area (Å²) in [5.41, 5.74) is 0. The maximum absolute atomic E-state index is 6.39. The molecule has 0 aromatic carbocycles.